The van der Waals surface area contributed by atoms with Crippen molar-refractivity contribution in [1.29, 1.82) is 0 Å². The Morgan fingerprint density at radius 1 is 0.447 bits per heavy atom. The first-order valence-corrected chi connectivity index (χ1v) is 39.0. The molecule has 0 aromatic heterocycles. The van der Waals surface area contributed by atoms with Crippen LogP contribution in [0.4, 0.5) is 4.79 Å². The lowest BCUT2D eigenvalue weighted by atomic mass is 9.73. The van der Waals surface area contributed by atoms with Crippen LogP contribution in [0, 0.1) is 64.1 Å². The second-order valence-corrected chi connectivity index (χ2v) is 33.6. The molecule has 6 N–H and O–H groups in total. The third-order valence-electron chi connectivity index (χ3n) is 22.4. The number of hydrogen-bond acceptors (Lipinski definition) is 16. The topological polar surface area (TPSA) is 288 Å². The molecule has 19 nitrogen and oxygen atoms in total. The molecule has 9 rings (SSSR count). The van der Waals surface area contributed by atoms with Gasteiger partial charge in [-0.1, -0.05) is 102 Å². The number of aliphatic hydroxyl groups is 3. The minimum atomic E-state index is -0.991. The third-order valence-corrected chi connectivity index (χ3v) is 22.4. The maximum Gasteiger partial charge on any atom is 0.509 e. The van der Waals surface area contributed by atoms with Gasteiger partial charge in [-0.15, -0.1) is 0 Å². The van der Waals surface area contributed by atoms with E-state index in [-0.39, 0.29) is 86.1 Å². The lowest BCUT2D eigenvalue weighted by Crippen LogP contribution is -2.33. The van der Waals surface area contributed by atoms with Gasteiger partial charge < -0.3 is 63.8 Å². The summed E-state index contributed by atoms with van der Waals surface area (Å²) in [5, 5.41) is 59.5. The summed E-state index contributed by atoms with van der Waals surface area (Å²) >= 11 is 0. The van der Waals surface area contributed by atoms with Crippen LogP contribution in [0.1, 0.15) is 251 Å². The van der Waals surface area contributed by atoms with E-state index in [1.807, 2.05) is 98.7 Å². The molecular formula is C84H126O19. The van der Waals surface area contributed by atoms with Gasteiger partial charge >= 0.3 is 36.0 Å². The van der Waals surface area contributed by atoms with Crippen molar-refractivity contribution in [3.8, 4) is 17.2 Å². The number of hydrogen-bond donors (Lipinski definition) is 6. The molecule has 15 atom stereocenters. The number of carbonyl (C=O) groups is 6. The fraction of sp³-hybridized carbons (Fsp3) is 0.714. The van der Waals surface area contributed by atoms with Crippen LogP contribution in [0.5, 0.6) is 17.2 Å². The Labute approximate surface area is 613 Å². The van der Waals surface area contributed by atoms with Crippen LogP contribution in [0.15, 0.2) is 54.6 Å². The standard InChI is InChI=1S/C28H42O7.2C28H42O6/c1-5-6-7-10-20(34-27(32)35-28(2,3)4)12-13-21-22-14-18-9-8-11-25(33-17-26(30)31)23(18)15-19(22)16-24(21)29;1-5-6-7-10-20(34-27(32)28(2,3)4)12-13-21-22-14-18-9-8-11-25(33-17-26(30)31)23(18)15-19(22)16-24(21)29;1-5-6-7-10-20(29)12-13-21-22-14-18-9-8-11-24(33-17-26(30)31)23(18)15-19(22)16-25(21)34-27(32)28(2,3)4/h8-9,11,19-22,24,29H,5-7,10,12-17H2,1-4H3,(H,30,31);8-9,11,19-22,24,29H,5-7,10,12-17H2,1-4H3,(H,30,31);8-9,11,19-22,25,29H,5-7,10,12-17H2,1-4H3,(H,30,31)/t2*19-,20-,21+,22-,24+;19-,20-,21+,22-,25+/m000/s1. The largest absolute Gasteiger partial charge is 0.509 e. The van der Waals surface area contributed by atoms with Crippen molar-refractivity contribution >= 4 is 36.0 Å². The van der Waals surface area contributed by atoms with Crippen molar-refractivity contribution in [3.05, 3.63) is 88.0 Å². The van der Waals surface area contributed by atoms with Crippen LogP contribution in [0.25, 0.3) is 0 Å². The SMILES string of the molecule is CCCCC[C@@H](CC[C@@H]1[C@H]2Cc3cccc(OCC(=O)O)c3C[C@H]2C[C@H]1O)OC(=O)C(C)(C)C.CCCCC[C@@H](CC[C@@H]1[C@H]2Cc3cccc(OCC(=O)O)c3C[C@H]2C[C@H]1O)OC(=O)OC(C)(C)C.CCCCC[C@H](O)CC[C@@H]1[C@H]2Cc3cccc(OCC(=O)O)c3C[C@H]2C[C@H]1OC(=O)C(C)(C)C. The Balaban J connectivity index is 0.000000216. The quantitative estimate of drug-likeness (QED) is 0.0188. The molecule has 0 spiro atoms. The summed E-state index contributed by atoms with van der Waals surface area (Å²) in [6.45, 7) is 22.2. The number of benzene rings is 3. The normalized spacial score (nSPS) is 24.6. The van der Waals surface area contributed by atoms with Gasteiger partial charge in [-0.3, -0.25) is 9.59 Å². The summed E-state index contributed by atoms with van der Waals surface area (Å²) < 4.78 is 39.8. The Kier molecular flexibility index (Phi) is 31.9. The van der Waals surface area contributed by atoms with E-state index < -0.39 is 40.5 Å². The van der Waals surface area contributed by atoms with Crippen molar-refractivity contribution in [1.82, 2.24) is 0 Å². The van der Waals surface area contributed by atoms with Crippen molar-refractivity contribution in [2.75, 3.05) is 19.8 Å². The molecule has 3 fully saturated rings. The fourth-order valence-corrected chi connectivity index (χ4v) is 17.1. The zero-order valence-corrected chi connectivity index (χ0v) is 64.1. The molecule has 0 saturated heterocycles. The van der Waals surface area contributed by atoms with Crippen molar-refractivity contribution < 1.29 is 92.6 Å². The summed E-state index contributed by atoms with van der Waals surface area (Å²) in [7, 11) is 0. The highest BCUT2D eigenvalue weighted by Crippen LogP contribution is 2.52. The maximum absolute atomic E-state index is 12.8. The van der Waals surface area contributed by atoms with Gasteiger partial charge in [0.05, 0.1) is 29.1 Å². The predicted molar refractivity (Wildman–Crippen MR) is 394 cm³/mol. The highest BCUT2D eigenvalue weighted by molar-refractivity contribution is 5.76. The molecule has 103 heavy (non-hydrogen) atoms. The predicted octanol–water partition coefficient (Wildman–Crippen LogP) is 15.9. The zero-order valence-electron chi connectivity index (χ0n) is 64.1. The second-order valence-electron chi connectivity index (χ2n) is 33.6. The lowest BCUT2D eigenvalue weighted by Gasteiger charge is -2.33. The third kappa shape index (κ3) is 25.4. The van der Waals surface area contributed by atoms with E-state index in [0.29, 0.717) is 59.2 Å². The van der Waals surface area contributed by atoms with E-state index in [1.165, 1.54) is 16.7 Å². The molecule has 0 radical (unpaired) electrons. The van der Waals surface area contributed by atoms with E-state index in [4.69, 9.17) is 48.5 Å². The van der Waals surface area contributed by atoms with Crippen molar-refractivity contribution in [2.24, 2.45) is 64.1 Å². The summed E-state index contributed by atoms with van der Waals surface area (Å²) in [6, 6.07) is 17.6. The summed E-state index contributed by atoms with van der Waals surface area (Å²) in [4.78, 5) is 70.5. The smallest absolute Gasteiger partial charge is 0.482 e. The van der Waals surface area contributed by atoms with Crippen molar-refractivity contribution in [2.45, 2.75) is 299 Å². The van der Waals surface area contributed by atoms with Crippen LogP contribution >= 0.6 is 0 Å². The molecule has 6 aliphatic carbocycles. The highest BCUT2D eigenvalue weighted by atomic mass is 16.7. The van der Waals surface area contributed by atoms with Crippen LogP contribution in [0.2, 0.25) is 0 Å². The van der Waals surface area contributed by atoms with Crippen molar-refractivity contribution in [3.63, 3.8) is 0 Å². The molecule has 0 bridgehead atoms. The number of rotatable bonds is 33. The molecular weight excluding hydrogens is 1310 g/mol. The van der Waals surface area contributed by atoms with E-state index in [9.17, 15) is 44.1 Å². The fourth-order valence-electron chi connectivity index (χ4n) is 17.1. The molecule has 576 valence electrons. The van der Waals surface area contributed by atoms with Gasteiger partial charge in [0.25, 0.3) is 0 Å². The number of aliphatic hydroxyl groups excluding tert-OH is 3. The highest BCUT2D eigenvalue weighted by Gasteiger charge is 2.50. The number of fused-ring (bicyclic) bond motifs is 6. The van der Waals surface area contributed by atoms with Crippen LogP contribution < -0.4 is 14.2 Å². The summed E-state index contributed by atoms with van der Waals surface area (Å²) in [6.07, 6.45) is 22.2. The molecule has 0 aliphatic heterocycles. The molecule has 0 unspecified atom stereocenters. The molecule has 0 amide bonds. The number of ether oxygens (including phenoxy) is 7. The van der Waals surface area contributed by atoms with Crippen LogP contribution in [0.3, 0.4) is 0 Å². The number of unbranched alkanes of at least 4 members (excludes halogenated alkanes) is 6. The van der Waals surface area contributed by atoms with E-state index in [0.717, 1.165) is 184 Å². The Bertz CT molecular complexity index is 3210. The number of carboxylic acid groups (broad SMARTS) is 3. The Morgan fingerprint density at radius 3 is 1.19 bits per heavy atom. The molecule has 3 saturated carbocycles. The van der Waals surface area contributed by atoms with Crippen LogP contribution in [-0.4, -0.2) is 129 Å². The molecule has 3 aromatic rings. The van der Waals surface area contributed by atoms with E-state index >= 15 is 0 Å². The first-order valence-electron chi connectivity index (χ1n) is 39.0. The average Bonchev–Trinajstić information content (AvgIpc) is 1.67. The van der Waals surface area contributed by atoms with Gasteiger partial charge in [0.1, 0.15) is 41.2 Å². The molecule has 6 aliphatic rings. The van der Waals surface area contributed by atoms with Gasteiger partial charge in [0, 0.05) is 0 Å². The van der Waals surface area contributed by atoms with Gasteiger partial charge in [-0.05, 0) is 296 Å². The monoisotopic (exact) mass is 1440 g/mol. The van der Waals surface area contributed by atoms with E-state index in [2.05, 4.69) is 39.0 Å². The average molecular weight is 1440 g/mol. The first kappa shape index (κ1) is 83.8. The number of esters is 2. The van der Waals surface area contributed by atoms with Crippen LogP contribution in [-0.2, 0) is 81.4 Å². The number of carboxylic acids is 3. The van der Waals surface area contributed by atoms with Gasteiger partial charge in [0.2, 0.25) is 0 Å². The van der Waals surface area contributed by atoms with E-state index in [1.54, 1.807) is 0 Å². The Morgan fingerprint density at radius 2 is 0.816 bits per heavy atom. The lowest BCUT2D eigenvalue weighted by molar-refractivity contribution is -0.161. The minimum Gasteiger partial charge on any atom is -0.482 e. The maximum atomic E-state index is 12.8. The molecule has 0 heterocycles. The zero-order chi connectivity index (χ0) is 75.3. The van der Waals surface area contributed by atoms with Gasteiger partial charge in [-0.2, -0.15) is 0 Å². The van der Waals surface area contributed by atoms with Gasteiger partial charge in [0.15, 0.2) is 19.8 Å². The summed E-state index contributed by atoms with van der Waals surface area (Å²) in [5.41, 5.74) is 5.16. The second kappa shape index (κ2) is 39.2. The number of aliphatic carboxylic acids is 3. The molecule has 19 heteroatoms. The minimum absolute atomic E-state index is 0.101. The Hall–Kier alpha value is -6.44. The van der Waals surface area contributed by atoms with Gasteiger partial charge in [-0.25, -0.2) is 19.2 Å². The summed E-state index contributed by atoms with van der Waals surface area (Å²) in [5.74, 6) is 1.36. The molecule has 3 aromatic carbocycles. The number of carbonyl (C=O) groups excluding carboxylic acids is 3. The first-order chi connectivity index (χ1) is 48.8.